The number of halogens is 3. The van der Waals surface area contributed by atoms with Crippen LogP contribution in [0.25, 0.3) is 0 Å². The summed E-state index contributed by atoms with van der Waals surface area (Å²) in [7, 11) is 0. The van der Waals surface area contributed by atoms with Crippen LogP contribution in [0.4, 0.5) is 23.1 Å². The zero-order valence-electron chi connectivity index (χ0n) is 21.1. The number of benzene rings is 1. The number of aryl methyl sites for hydroxylation is 1. The van der Waals surface area contributed by atoms with Crippen molar-refractivity contribution in [1.82, 2.24) is 19.8 Å². The van der Waals surface area contributed by atoms with E-state index in [1.807, 2.05) is 6.92 Å². The maximum Gasteiger partial charge on any atom is 0.416 e. The number of pyridine rings is 1. The molecule has 39 heavy (non-hydrogen) atoms. The van der Waals surface area contributed by atoms with E-state index in [2.05, 4.69) is 32.0 Å². The Hall–Kier alpha value is -3.79. The lowest BCUT2D eigenvalue weighted by Crippen LogP contribution is -2.50. The molecule has 1 saturated heterocycles. The molecule has 4 rings (SSSR count). The molecule has 12 heteroatoms. The number of anilines is 1. The molecule has 3 aromatic rings. The van der Waals surface area contributed by atoms with E-state index in [0.29, 0.717) is 53.9 Å². The third-order valence-corrected chi connectivity index (χ3v) is 6.99. The van der Waals surface area contributed by atoms with Crippen LogP contribution in [0.15, 0.2) is 42.7 Å². The van der Waals surface area contributed by atoms with Crippen LogP contribution < -0.4 is 5.32 Å². The SMILES string of the molecule is Cc1ccc(C(=O)Cc2cc(C(F)(F)F)ccn2)cc1C#Cc1cnc(NC(=O)N2CCN(CCO)CC2)s1. The van der Waals surface area contributed by atoms with E-state index in [1.165, 1.54) is 11.3 Å². The molecule has 0 radical (unpaired) electrons. The van der Waals surface area contributed by atoms with E-state index in [-0.39, 0.29) is 30.5 Å². The number of carbonyl (C=O) groups excluding carboxylic acids is 2. The summed E-state index contributed by atoms with van der Waals surface area (Å²) in [6.45, 7) is 5.02. The molecule has 2 aromatic heterocycles. The summed E-state index contributed by atoms with van der Waals surface area (Å²) >= 11 is 1.22. The zero-order chi connectivity index (χ0) is 28.0. The molecule has 0 atom stereocenters. The molecular weight excluding hydrogens is 531 g/mol. The van der Waals surface area contributed by atoms with Crippen molar-refractivity contribution in [1.29, 1.82) is 0 Å². The minimum atomic E-state index is -4.51. The van der Waals surface area contributed by atoms with Crippen LogP contribution in [0.3, 0.4) is 0 Å². The minimum Gasteiger partial charge on any atom is -0.395 e. The van der Waals surface area contributed by atoms with Gasteiger partial charge >= 0.3 is 12.2 Å². The Bertz CT molecular complexity index is 1410. The maximum absolute atomic E-state index is 13.0. The molecule has 0 aliphatic carbocycles. The number of carbonyl (C=O) groups is 2. The normalized spacial score (nSPS) is 14.0. The number of piperazine rings is 1. The van der Waals surface area contributed by atoms with Crippen LogP contribution in [-0.4, -0.2) is 76.0 Å². The number of urea groups is 1. The second-order valence-electron chi connectivity index (χ2n) is 8.93. The second-order valence-corrected chi connectivity index (χ2v) is 9.96. The number of hydrogen-bond donors (Lipinski definition) is 2. The molecule has 0 bridgehead atoms. The van der Waals surface area contributed by atoms with Crippen LogP contribution in [0, 0.1) is 18.8 Å². The van der Waals surface area contributed by atoms with E-state index in [1.54, 1.807) is 29.3 Å². The van der Waals surface area contributed by atoms with Crippen molar-refractivity contribution in [3.05, 3.63) is 75.6 Å². The van der Waals surface area contributed by atoms with Crippen LogP contribution in [-0.2, 0) is 12.6 Å². The third kappa shape index (κ3) is 7.63. The number of nitrogens with one attached hydrogen (secondary N) is 1. The highest BCUT2D eigenvalue weighted by molar-refractivity contribution is 7.16. The van der Waals surface area contributed by atoms with Crippen molar-refractivity contribution in [3.63, 3.8) is 0 Å². The number of β-amino-alcohol motifs (C(OH)–C–C–N with tert-alkyl or cyclic N) is 1. The molecule has 0 unspecified atom stereocenters. The number of aromatic nitrogens is 2. The lowest BCUT2D eigenvalue weighted by Gasteiger charge is -2.34. The lowest BCUT2D eigenvalue weighted by atomic mass is 10.00. The van der Waals surface area contributed by atoms with Crippen LogP contribution >= 0.6 is 11.3 Å². The first-order chi connectivity index (χ1) is 18.6. The van der Waals surface area contributed by atoms with Crippen molar-refractivity contribution in [2.75, 3.05) is 44.6 Å². The molecule has 204 valence electrons. The van der Waals surface area contributed by atoms with Crippen molar-refractivity contribution in [2.45, 2.75) is 19.5 Å². The molecule has 1 aromatic carbocycles. The topological polar surface area (TPSA) is 98.7 Å². The van der Waals surface area contributed by atoms with Crippen LogP contribution in [0.5, 0.6) is 0 Å². The number of aliphatic hydroxyl groups excluding tert-OH is 1. The number of Topliss-reactive ketones (excluding diaryl/α,β-unsaturated/α-hetero) is 1. The predicted molar refractivity (Wildman–Crippen MR) is 141 cm³/mol. The summed E-state index contributed by atoms with van der Waals surface area (Å²) in [4.78, 5) is 37.8. The van der Waals surface area contributed by atoms with Gasteiger partial charge in [0.1, 0.15) is 0 Å². The number of hydrogen-bond acceptors (Lipinski definition) is 7. The van der Waals surface area contributed by atoms with Gasteiger partial charge in [-0.1, -0.05) is 29.4 Å². The molecule has 1 aliphatic heterocycles. The zero-order valence-corrected chi connectivity index (χ0v) is 21.9. The summed E-state index contributed by atoms with van der Waals surface area (Å²) in [5.41, 5.74) is 0.929. The van der Waals surface area contributed by atoms with Gasteiger partial charge in [-0.2, -0.15) is 13.2 Å². The Morgan fingerprint density at radius 2 is 1.87 bits per heavy atom. The number of aliphatic hydroxyl groups is 1. The Kier molecular flexibility index (Phi) is 8.96. The van der Waals surface area contributed by atoms with E-state index < -0.39 is 11.7 Å². The number of thiazole rings is 1. The van der Waals surface area contributed by atoms with E-state index in [4.69, 9.17) is 5.11 Å². The van der Waals surface area contributed by atoms with Crippen molar-refractivity contribution >= 4 is 28.3 Å². The molecule has 2 amide bonds. The van der Waals surface area contributed by atoms with Gasteiger partial charge in [0.05, 0.1) is 29.7 Å². The Morgan fingerprint density at radius 1 is 1.10 bits per heavy atom. The van der Waals surface area contributed by atoms with Gasteiger partial charge in [-0.3, -0.25) is 20.0 Å². The summed E-state index contributed by atoms with van der Waals surface area (Å²) in [6, 6.07) is 6.45. The van der Waals surface area contributed by atoms with Gasteiger partial charge in [0, 0.05) is 55.7 Å². The fourth-order valence-electron chi connectivity index (χ4n) is 3.95. The first-order valence-electron chi connectivity index (χ1n) is 12.2. The fourth-order valence-corrected chi connectivity index (χ4v) is 4.61. The van der Waals surface area contributed by atoms with Crippen molar-refractivity contribution in [3.8, 4) is 11.8 Å². The Labute approximate surface area is 227 Å². The maximum atomic E-state index is 13.0. The molecule has 2 N–H and O–H groups in total. The molecule has 0 saturated carbocycles. The highest BCUT2D eigenvalue weighted by Crippen LogP contribution is 2.29. The predicted octanol–water partition coefficient (Wildman–Crippen LogP) is 3.83. The second kappa shape index (κ2) is 12.4. The quantitative estimate of drug-likeness (QED) is 0.353. The third-order valence-electron chi connectivity index (χ3n) is 6.16. The van der Waals surface area contributed by atoms with Gasteiger partial charge in [0.2, 0.25) is 0 Å². The van der Waals surface area contributed by atoms with E-state index in [9.17, 15) is 22.8 Å². The van der Waals surface area contributed by atoms with Gasteiger partial charge in [-0.25, -0.2) is 9.78 Å². The van der Waals surface area contributed by atoms with Crippen molar-refractivity contribution < 1.29 is 27.9 Å². The van der Waals surface area contributed by atoms with E-state index in [0.717, 1.165) is 23.9 Å². The molecule has 3 heterocycles. The number of ketones is 1. The molecule has 1 fully saturated rings. The average Bonchev–Trinajstić information content (AvgIpc) is 3.35. The van der Waals surface area contributed by atoms with Crippen molar-refractivity contribution in [2.24, 2.45) is 0 Å². The Balaban J connectivity index is 1.39. The van der Waals surface area contributed by atoms with Crippen LogP contribution in [0.1, 0.15) is 37.6 Å². The smallest absolute Gasteiger partial charge is 0.395 e. The standard InChI is InChI=1S/C27H26F3N5O3S/c1-18-2-3-20(24(37)16-22-15-21(6-7-31-22)27(28,29)30)14-19(18)4-5-23-17-32-25(39-23)33-26(38)35-10-8-34(9-11-35)12-13-36/h2-3,6-7,14-15,17,36H,8-13,16H2,1H3,(H,32,33,38). The van der Waals surface area contributed by atoms with Gasteiger partial charge in [0.15, 0.2) is 10.9 Å². The highest BCUT2D eigenvalue weighted by atomic mass is 32.1. The first-order valence-corrected chi connectivity index (χ1v) is 13.0. The molecule has 8 nitrogen and oxygen atoms in total. The fraction of sp³-hybridized carbons (Fsp3) is 0.333. The van der Waals surface area contributed by atoms with E-state index >= 15 is 0 Å². The van der Waals surface area contributed by atoms with Gasteiger partial charge < -0.3 is 10.0 Å². The largest absolute Gasteiger partial charge is 0.416 e. The van der Waals surface area contributed by atoms with Gasteiger partial charge in [-0.15, -0.1) is 0 Å². The summed E-state index contributed by atoms with van der Waals surface area (Å²) in [5.74, 6) is 5.65. The summed E-state index contributed by atoms with van der Waals surface area (Å²) < 4.78 is 38.9. The molecule has 1 aliphatic rings. The first kappa shape index (κ1) is 28.2. The number of alkyl halides is 3. The van der Waals surface area contributed by atoms with Crippen LogP contribution in [0.2, 0.25) is 0 Å². The number of amides is 2. The average molecular weight is 558 g/mol. The molecule has 0 spiro atoms. The monoisotopic (exact) mass is 557 g/mol. The number of rotatable bonds is 6. The van der Waals surface area contributed by atoms with Gasteiger partial charge in [0.25, 0.3) is 0 Å². The van der Waals surface area contributed by atoms with Gasteiger partial charge in [-0.05, 0) is 36.6 Å². The highest BCUT2D eigenvalue weighted by Gasteiger charge is 2.30. The number of nitrogens with zero attached hydrogens (tertiary/aromatic N) is 4. The lowest BCUT2D eigenvalue weighted by molar-refractivity contribution is -0.137. The molecular formula is C27H26F3N5O3S. The summed E-state index contributed by atoms with van der Waals surface area (Å²) in [5, 5.41) is 12.2. The summed E-state index contributed by atoms with van der Waals surface area (Å²) in [6.07, 6.45) is -2.18. The minimum absolute atomic E-state index is 0.0364. The Morgan fingerprint density at radius 3 is 2.59 bits per heavy atom.